The number of rotatable bonds is 3. The molecule has 1 heterocycles. The van der Waals surface area contributed by atoms with Crippen molar-refractivity contribution < 1.29 is 0 Å². The lowest BCUT2D eigenvalue weighted by Crippen LogP contribution is -2.48. The van der Waals surface area contributed by atoms with Gasteiger partial charge in [0.25, 0.3) is 0 Å². The molecule has 110 valence electrons. The summed E-state index contributed by atoms with van der Waals surface area (Å²) in [6.07, 6.45) is 10.5. The van der Waals surface area contributed by atoms with E-state index in [-0.39, 0.29) is 5.54 Å². The molecule has 0 saturated heterocycles. The minimum absolute atomic E-state index is 0.202. The van der Waals surface area contributed by atoms with Crippen LogP contribution >= 0.6 is 11.3 Å². The Hall–Kier alpha value is -0.410. The highest BCUT2D eigenvalue weighted by molar-refractivity contribution is 7.12. The Bertz CT molecular complexity index is 466. The summed E-state index contributed by atoms with van der Waals surface area (Å²) in [5, 5.41) is 5.44. The van der Waals surface area contributed by atoms with Gasteiger partial charge in [-0.25, -0.2) is 4.98 Å². The van der Waals surface area contributed by atoms with Crippen molar-refractivity contribution in [1.82, 2.24) is 10.3 Å². The van der Waals surface area contributed by atoms with E-state index in [1.165, 1.54) is 62.1 Å². The van der Waals surface area contributed by atoms with Gasteiger partial charge in [-0.3, -0.25) is 0 Å². The summed E-state index contributed by atoms with van der Waals surface area (Å²) in [4.78, 5) is 6.68. The fourth-order valence-electron chi connectivity index (χ4n) is 4.49. The van der Waals surface area contributed by atoms with Crippen LogP contribution in [0.3, 0.4) is 0 Å². The summed E-state index contributed by atoms with van der Waals surface area (Å²) in [5.41, 5.74) is 1.63. The molecule has 2 atom stereocenters. The van der Waals surface area contributed by atoms with Crippen molar-refractivity contribution in [2.45, 2.75) is 76.8 Å². The highest BCUT2D eigenvalue weighted by Crippen LogP contribution is 2.46. The number of hydrogen-bond donors (Lipinski definition) is 1. The van der Waals surface area contributed by atoms with E-state index in [1.807, 2.05) is 11.3 Å². The molecule has 3 heteroatoms. The molecule has 2 saturated carbocycles. The Morgan fingerprint density at radius 2 is 1.90 bits per heavy atom. The van der Waals surface area contributed by atoms with Crippen molar-refractivity contribution in [2.24, 2.45) is 11.8 Å². The smallest absolute Gasteiger partial charge is 0.113 e. The maximum Gasteiger partial charge on any atom is 0.113 e. The molecule has 3 aliphatic rings. The van der Waals surface area contributed by atoms with Crippen LogP contribution in [-0.2, 0) is 18.4 Å². The number of nitrogens with one attached hydrogen (secondary N) is 1. The van der Waals surface area contributed by atoms with Gasteiger partial charge in [-0.1, -0.05) is 13.8 Å². The largest absolute Gasteiger partial charge is 0.303 e. The van der Waals surface area contributed by atoms with Crippen molar-refractivity contribution in [3.05, 3.63) is 15.6 Å². The first-order valence-electron chi connectivity index (χ1n) is 8.41. The van der Waals surface area contributed by atoms with Gasteiger partial charge < -0.3 is 5.32 Å². The first-order valence-corrected chi connectivity index (χ1v) is 9.23. The lowest BCUT2D eigenvalue weighted by atomic mass is 9.71. The minimum Gasteiger partial charge on any atom is -0.303 e. The van der Waals surface area contributed by atoms with Crippen molar-refractivity contribution >= 4 is 11.3 Å². The van der Waals surface area contributed by atoms with E-state index in [4.69, 9.17) is 4.98 Å². The summed E-state index contributed by atoms with van der Waals surface area (Å²) in [6.45, 7) is 4.86. The van der Waals surface area contributed by atoms with Gasteiger partial charge in [-0.15, -0.1) is 11.3 Å². The zero-order chi connectivity index (χ0) is 13.7. The maximum absolute atomic E-state index is 5.09. The molecule has 0 aliphatic heterocycles. The molecule has 0 radical (unpaired) electrons. The third kappa shape index (κ3) is 2.33. The summed E-state index contributed by atoms with van der Waals surface area (Å²) in [7, 11) is 0. The predicted octanol–water partition coefficient (Wildman–Crippen LogP) is 4.04. The average molecular weight is 290 g/mol. The maximum atomic E-state index is 5.09. The van der Waals surface area contributed by atoms with Gasteiger partial charge in [0.05, 0.1) is 11.2 Å². The van der Waals surface area contributed by atoms with Crippen LogP contribution < -0.4 is 5.32 Å². The topological polar surface area (TPSA) is 24.9 Å². The number of aromatic nitrogens is 1. The van der Waals surface area contributed by atoms with Crippen LogP contribution in [0, 0.1) is 11.8 Å². The molecule has 0 amide bonds. The third-order valence-electron chi connectivity index (χ3n) is 5.26. The first-order chi connectivity index (χ1) is 9.64. The van der Waals surface area contributed by atoms with Gasteiger partial charge in [-0.05, 0) is 63.2 Å². The van der Waals surface area contributed by atoms with E-state index < -0.39 is 0 Å². The number of hydrogen-bond acceptors (Lipinski definition) is 3. The van der Waals surface area contributed by atoms with Gasteiger partial charge in [0.1, 0.15) is 5.01 Å². The van der Waals surface area contributed by atoms with Gasteiger partial charge in [0.2, 0.25) is 0 Å². The van der Waals surface area contributed by atoms with Crippen LogP contribution in [0.15, 0.2) is 0 Å². The van der Waals surface area contributed by atoms with E-state index in [1.54, 1.807) is 4.88 Å². The molecular formula is C17H26N2S. The molecule has 2 unspecified atom stereocenters. The number of thiazole rings is 1. The van der Waals surface area contributed by atoms with Gasteiger partial charge >= 0.3 is 0 Å². The van der Waals surface area contributed by atoms with Crippen LogP contribution in [0.2, 0.25) is 0 Å². The molecule has 2 nitrogen and oxygen atoms in total. The third-order valence-corrected chi connectivity index (χ3v) is 6.62. The van der Waals surface area contributed by atoms with Crippen LogP contribution in [0.25, 0.3) is 0 Å². The monoisotopic (exact) mass is 290 g/mol. The Balaban J connectivity index is 1.69. The highest BCUT2D eigenvalue weighted by atomic mass is 32.1. The van der Waals surface area contributed by atoms with Crippen LogP contribution in [0.5, 0.6) is 0 Å². The van der Waals surface area contributed by atoms with E-state index in [9.17, 15) is 0 Å². The standard InChI is InChI=1S/C17H26N2S/c1-11-8-12(2)10-17(9-11,19-13-6-7-13)16-18-14-4-3-5-15(14)20-16/h11-13,19H,3-10H2,1-2H3. The molecular weight excluding hydrogens is 264 g/mol. The second kappa shape index (κ2) is 4.81. The molecule has 0 spiro atoms. The molecule has 2 fully saturated rings. The number of fused-ring (bicyclic) bond motifs is 1. The molecule has 3 aliphatic carbocycles. The molecule has 0 aromatic carbocycles. The van der Waals surface area contributed by atoms with Crippen molar-refractivity contribution in [3.63, 3.8) is 0 Å². The quantitative estimate of drug-likeness (QED) is 0.909. The van der Waals surface area contributed by atoms with Crippen LogP contribution in [0.1, 0.15) is 68.0 Å². The van der Waals surface area contributed by atoms with Crippen LogP contribution in [0.4, 0.5) is 0 Å². The molecule has 4 rings (SSSR count). The Kier molecular flexibility index (Phi) is 3.19. The zero-order valence-corrected chi connectivity index (χ0v) is 13.6. The molecule has 20 heavy (non-hydrogen) atoms. The van der Waals surface area contributed by atoms with Crippen LogP contribution in [-0.4, -0.2) is 11.0 Å². The lowest BCUT2D eigenvalue weighted by Gasteiger charge is -2.42. The molecule has 1 aromatic rings. The van der Waals surface area contributed by atoms with Crippen molar-refractivity contribution in [1.29, 1.82) is 0 Å². The summed E-state index contributed by atoms with van der Waals surface area (Å²) in [5.74, 6) is 1.65. The van der Waals surface area contributed by atoms with Gasteiger partial charge in [-0.2, -0.15) is 0 Å². The second-order valence-electron chi connectivity index (χ2n) is 7.60. The van der Waals surface area contributed by atoms with Gasteiger partial charge in [0.15, 0.2) is 0 Å². The number of nitrogens with zero attached hydrogens (tertiary/aromatic N) is 1. The molecule has 0 bridgehead atoms. The van der Waals surface area contributed by atoms with E-state index >= 15 is 0 Å². The Morgan fingerprint density at radius 1 is 1.15 bits per heavy atom. The van der Waals surface area contributed by atoms with E-state index in [2.05, 4.69) is 19.2 Å². The normalized spacial score (nSPS) is 37.1. The lowest BCUT2D eigenvalue weighted by molar-refractivity contribution is 0.141. The molecule has 1 N–H and O–H groups in total. The Morgan fingerprint density at radius 3 is 2.55 bits per heavy atom. The van der Waals surface area contributed by atoms with E-state index in [0.717, 1.165) is 17.9 Å². The number of aryl methyl sites for hydroxylation is 2. The second-order valence-corrected chi connectivity index (χ2v) is 8.68. The fourth-order valence-corrected chi connectivity index (χ4v) is 5.82. The molecule has 1 aromatic heterocycles. The summed E-state index contributed by atoms with van der Waals surface area (Å²) >= 11 is 2.03. The summed E-state index contributed by atoms with van der Waals surface area (Å²) in [6, 6.07) is 0.770. The predicted molar refractivity (Wildman–Crippen MR) is 84.2 cm³/mol. The Labute approximate surface area is 126 Å². The minimum atomic E-state index is 0.202. The van der Waals surface area contributed by atoms with Crippen molar-refractivity contribution in [2.75, 3.05) is 0 Å². The van der Waals surface area contributed by atoms with E-state index in [0.29, 0.717) is 0 Å². The summed E-state index contributed by atoms with van der Waals surface area (Å²) < 4.78 is 0. The van der Waals surface area contributed by atoms with Gasteiger partial charge in [0, 0.05) is 10.9 Å². The SMILES string of the molecule is CC1CC(C)CC(NC2CC2)(c2nc3c(s2)CCC3)C1. The zero-order valence-electron chi connectivity index (χ0n) is 12.7. The highest BCUT2D eigenvalue weighted by Gasteiger charge is 2.45. The average Bonchev–Trinajstić information content (AvgIpc) is 2.90. The first kappa shape index (κ1) is 13.3. The van der Waals surface area contributed by atoms with Crippen molar-refractivity contribution in [3.8, 4) is 0 Å². The fraction of sp³-hybridized carbons (Fsp3) is 0.824.